The summed E-state index contributed by atoms with van der Waals surface area (Å²) >= 11 is 0. The largest absolute Gasteiger partial charge is 0.459 e. The molecule has 2 aromatic carbocycles. The van der Waals surface area contributed by atoms with Crippen LogP contribution < -0.4 is 5.32 Å². The van der Waals surface area contributed by atoms with E-state index < -0.39 is 0 Å². The highest BCUT2D eigenvalue weighted by Gasteiger charge is 2.16. The van der Waals surface area contributed by atoms with Gasteiger partial charge in [0.1, 0.15) is 17.9 Å². The molecule has 0 bridgehead atoms. The number of carbonyl (C=O) groups is 1. The van der Waals surface area contributed by atoms with Crippen LogP contribution in [-0.4, -0.2) is 26.1 Å². The van der Waals surface area contributed by atoms with Crippen molar-refractivity contribution in [3.63, 3.8) is 0 Å². The predicted molar refractivity (Wildman–Crippen MR) is 101 cm³/mol. The Labute approximate surface area is 156 Å². The highest BCUT2D eigenvalue weighted by atomic mass is 16.3. The molecule has 136 valence electrons. The summed E-state index contributed by atoms with van der Waals surface area (Å²) in [5, 5.41) is 16.2. The number of nitrogens with zero attached hydrogens (tertiary/aromatic N) is 4. The Morgan fingerprint density at radius 1 is 1.19 bits per heavy atom. The number of aryl methyl sites for hydroxylation is 1. The number of carbonyl (C=O) groups excluding carboxylic acids is 1. The molecule has 7 heteroatoms. The van der Waals surface area contributed by atoms with Crippen molar-refractivity contribution in [2.75, 3.05) is 0 Å². The number of rotatable bonds is 5. The Hall–Kier alpha value is -3.48. The SMILES string of the molecule is Cc1ccccc1-c1nnn(CC(=O)N[C@H](C)c2cc3ccccc3o2)n1. The molecule has 0 radical (unpaired) electrons. The molecule has 0 saturated heterocycles. The van der Waals surface area contributed by atoms with Crippen LogP contribution in [0.4, 0.5) is 0 Å². The highest BCUT2D eigenvalue weighted by molar-refractivity contribution is 5.79. The minimum absolute atomic E-state index is 0.0105. The molecule has 1 amide bonds. The second-order valence-corrected chi connectivity index (χ2v) is 6.43. The lowest BCUT2D eigenvalue weighted by Gasteiger charge is -2.10. The van der Waals surface area contributed by atoms with E-state index in [9.17, 15) is 4.79 Å². The average Bonchev–Trinajstić information content (AvgIpc) is 3.28. The average molecular weight is 361 g/mol. The molecule has 1 atom stereocenters. The van der Waals surface area contributed by atoms with Crippen molar-refractivity contribution in [1.82, 2.24) is 25.5 Å². The van der Waals surface area contributed by atoms with Crippen LogP contribution in [0.15, 0.2) is 59.0 Å². The summed E-state index contributed by atoms with van der Waals surface area (Å²) in [5.74, 6) is 1.000. The maximum Gasteiger partial charge on any atom is 0.244 e. The van der Waals surface area contributed by atoms with Gasteiger partial charge in [-0.15, -0.1) is 10.2 Å². The second-order valence-electron chi connectivity index (χ2n) is 6.43. The fourth-order valence-corrected chi connectivity index (χ4v) is 2.94. The third-order valence-corrected chi connectivity index (χ3v) is 4.37. The van der Waals surface area contributed by atoms with Gasteiger partial charge in [-0.3, -0.25) is 4.79 Å². The number of amides is 1. The number of para-hydroxylation sites is 1. The van der Waals surface area contributed by atoms with E-state index in [1.54, 1.807) is 0 Å². The maximum absolute atomic E-state index is 12.3. The summed E-state index contributed by atoms with van der Waals surface area (Å²) < 4.78 is 5.79. The van der Waals surface area contributed by atoms with Crippen molar-refractivity contribution in [2.24, 2.45) is 0 Å². The van der Waals surface area contributed by atoms with Crippen LogP contribution in [0, 0.1) is 6.92 Å². The van der Waals surface area contributed by atoms with Crippen LogP contribution in [0.2, 0.25) is 0 Å². The Balaban J connectivity index is 1.43. The minimum Gasteiger partial charge on any atom is -0.459 e. The van der Waals surface area contributed by atoms with Gasteiger partial charge in [0.2, 0.25) is 11.7 Å². The third-order valence-electron chi connectivity index (χ3n) is 4.37. The van der Waals surface area contributed by atoms with Gasteiger partial charge in [-0.2, -0.15) is 4.80 Å². The first-order valence-electron chi connectivity index (χ1n) is 8.72. The zero-order valence-corrected chi connectivity index (χ0v) is 15.1. The van der Waals surface area contributed by atoms with Gasteiger partial charge in [-0.1, -0.05) is 42.5 Å². The highest BCUT2D eigenvalue weighted by Crippen LogP contribution is 2.23. The number of furan rings is 1. The van der Waals surface area contributed by atoms with E-state index in [0.717, 1.165) is 22.1 Å². The first-order chi connectivity index (χ1) is 13.1. The first-order valence-corrected chi connectivity index (χ1v) is 8.72. The number of aromatic nitrogens is 4. The summed E-state index contributed by atoms with van der Waals surface area (Å²) in [5.41, 5.74) is 2.76. The van der Waals surface area contributed by atoms with E-state index in [1.165, 1.54) is 4.80 Å². The summed E-state index contributed by atoms with van der Waals surface area (Å²) in [6, 6.07) is 17.2. The first kappa shape index (κ1) is 17.0. The number of nitrogens with one attached hydrogen (secondary N) is 1. The molecule has 0 spiro atoms. The molecular formula is C20H19N5O2. The van der Waals surface area contributed by atoms with E-state index in [0.29, 0.717) is 11.6 Å². The molecule has 0 unspecified atom stereocenters. The molecule has 7 nitrogen and oxygen atoms in total. The lowest BCUT2D eigenvalue weighted by Crippen LogP contribution is -2.30. The standard InChI is InChI=1S/C20H19N5O2/c1-13-7-3-5-9-16(13)20-22-24-25(23-20)12-19(26)21-14(2)18-11-15-8-4-6-10-17(15)27-18/h3-11,14H,12H2,1-2H3,(H,21,26)/t14-/m1/s1. The normalized spacial score (nSPS) is 12.2. The predicted octanol–water partition coefficient (Wildman–Crippen LogP) is 3.27. The van der Waals surface area contributed by atoms with Crippen molar-refractivity contribution in [2.45, 2.75) is 26.4 Å². The van der Waals surface area contributed by atoms with Gasteiger partial charge in [0.15, 0.2) is 0 Å². The van der Waals surface area contributed by atoms with Crippen molar-refractivity contribution >= 4 is 16.9 Å². The molecule has 0 fully saturated rings. The molecule has 2 heterocycles. The quantitative estimate of drug-likeness (QED) is 0.590. The van der Waals surface area contributed by atoms with E-state index in [1.807, 2.05) is 68.4 Å². The van der Waals surface area contributed by atoms with E-state index in [-0.39, 0.29) is 18.5 Å². The zero-order chi connectivity index (χ0) is 18.8. The topological polar surface area (TPSA) is 85.8 Å². The van der Waals surface area contributed by atoms with Crippen LogP contribution in [0.1, 0.15) is 24.3 Å². The summed E-state index contributed by atoms with van der Waals surface area (Å²) in [7, 11) is 0. The fraction of sp³-hybridized carbons (Fsp3) is 0.200. The smallest absolute Gasteiger partial charge is 0.244 e. The molecule has 2 aromatic heterocycles. The van der Waals surface area contributed by atoms with Crippen LogP contribution in [0.3, 0.4) is 0 Å². The summed E-state index contributed by atoms with van der Waals surface area (Å²) in [6.07, 6.45) is 0. The molecule has 1 N–H and O–H groups in total. The minimum atomic E-state index is -0.260. The van der Waals surface area contributed by atoms with Crippen molar-refractivity contribution in [3.05, 3.63) is 65.9 Å². The second kappa shape index (κ2) is 7.03. The molecule has 0 aliphatic carbocycles. The van der Waals surface area contributed by atoms with Gasteiger partial charge in [-0.05, 0) is 36.8 Å². The Bertz CT molecular complexity index is 1070. The molecule has 0 saturated carbocycles. The zero-order valence-electron chi connectivity index (χ0n) is 15.1. The Morgan fingerprint density at radius 3 is 2.78 bits per heavy atom. The lowest BCUT2D eigenvalue weighted by molar-refractivity contribution is -0.122. The van der Waals surface area contributed by atoms with Gasteiger partial charge in [0.25, 0.3) is 0 Å². The van der Waals surface area contributed by atoms with Crippen molar-refractivity contribution in [3.8, 4) is 11.4 Å². The molecule has 0 aliphatic rings. The van der Waals surface area contributed by atoms with Crippen molar-refractivity contribution in [1.29, 1.82) is 0 Å². The van der Waals surface area contributed by atoms with Crippen LogP contribution in [-0.2, 0) is 11.3 Å². The van der Waals surface area contributed by atoms with Gasteiger partial charge in [0, 0.05) is 10.9 Å². The fourth-order valence-electron chi connectivity index (χ4n) is 2.94. The van der Waals surface area contributed by atoms with Crippen LogP contribution in [0.25, 0.3) is 22.4 Å². The summed E-state index contributed by atoms with van der Waals surface area (Å²) in [6.45, 7) is 3.85. The van der Waals surface area contributed by atoms with Gasteiger partial charge in [0.05, 0.1) is 6.04 Å². The van der Waals surface area contributed by atoms with Crippen LogP contribution >= 0.6 is 0 Å². The molecule has 27 heavy (non-hydrogen) atoms. The van der Waals surface area contributed by atoms with Crippen LogP contribution in [0.5, 0.6) is 0 Å². The van der Waals surface area contributed by atoms with Gasteiger partial charge in [-0.25, -0.2) is 0 Å². The number of benzene rings is 2. The van der Waals surface area contributed by atoms with Gasteiger partial charge < -0.3 is 9.73 Å². The number of hydrogen-bond acceptors (Lipinski definition) is 5. The number of fused-ring (bicyclic) bond motifs is 1. The molecular weight excluding hydrogens is 342 g/mol. The van der Waals surface area contributed by atoms with Crippen molar-refractivity contribution < 1.29 is 9.21 Å². The Morgan fingerprint density at radius 2 is 1.96 bits per heavy atom. The molecule has 4 aromatic rings. The molecule has 4 rings (SSSR count). The van der Waals surface area contributed by atoms with Gasteiger partial charge >= 0.3 is 0 Å². The maximum atomic E-state index is 12.3. The number of tetrazole rings is 1. The Kier molecular flexibility index (Phi) is 4.42. The van der Waals surface area contributed by atoms with E-state index in [4.69, 9.17) is 4.42 Å². The number of hydrogen-bond donors (Lipinski definition) is 1. The monoisotopic (exact) mass is 361 g/mol. The summed E-state index contributed by atoms with van der Waals surface area (Å²) in [4.78, 5) is 13.6. The van der Waals surface area contributed by atoms with E-state index >= 15 is 0 Å². The third kappa shape index (κ3) is 3.57. The van der Waals surface area contributed by atoms with E-state index in [2.05, 4.69) is 20.7 Å². The lowest BCUT2D eigenvalue weighted by atomic mass is 10.1. The molecule has 0 aliphatic heterocycles.